The van der Waals surface area contributed by atoms with Crippen molar-refractivity contribution in [3.8, 4) is 0 Å². The number of carbonyl (C=O) groups excluding carboxylic acids is 1. The molecule has 0 atom stereocenters. The Bertz CT molecular complexity index is 510. The molecule has 1 aromatic rings. The number of carbonyl (C=O) groups is 1. The molecule has 1 heterocycles. The quantitative estimate of drug-likeness (QED) is 0.813. The number of thioether (sulfide) groups is 1. The maximum atomic E-state index is 12.0. The average molecular weight is 292 g/mol. The second-order valence-electron chi connectivity index (χ2n) is 5.77. The molecule has 1 amide bonds. The van der Waals surface area contributed by atoms with Gasteiger partial charge in [-0.1, -0.05) is 12.1 Å². The number of nitrogens with zero attached hydrogens (tertiary/aromatic N) is 1. The zero-order valence-electron chi connectivity index (χ0n) is 11.6. The fourth-order valence-corrected chi connectivity index (χ4v) is 3.41. The van der Waals surface area contributed by atoms with E-state index < -0.39 is 5.60 Å². The summed E-state index contributed by atoms with van der Waals surface area (Å²) in [5, 5.41) is 13.2. The van der Waals surface area contributed by atoms with Crippen LogP contribution in [0.3, 0.4) is 0 Å². The van der Waals surface area contributed by atoms with Gasteiger partial charge in [-0.25, -0.2) is 0 Å². The van der Waals surface area contributed by atoms with Crippen LogP contribution in [-0.4, -0.2) is 47.4 Å². The molecule has 2 N–H and O–H groups in total. The van der Waals surface area contributed by atoms with E-state index in [9.17, 15) is 9.90 Å². The maximum absolute atomic E-state index is 12.0. The van der Waals surface area contributed by atoms with Crippen LogP contribution in [-0.2, 0) is 4.79 Å². The molecule has 1 saturated carbocycles. The molecule has 2 aliphatic rings. The first-order valence-electron chi connectivity index (χ1n) is 6.98. The van der Waals surface area contributed by atoms with Crippen molar-refractivity contribution in [3.05, 3.63) is 24.3 Å². The van der Waals surface area contributed by atoms with Gasteiger partial charge in [0.05, 0.1) is 17.8 Å². The van der Waals surface area contributed by atoms with Crippen LogP contribution < -0.4 is 5.32 Å². The number of para-hydroxylation sites is 1. The summed E-state index contributed by atoms with van der Waals surface area (Å²) in [5.41, 5.74) is 0.347. The van der Waals surface area contributed by atoms with Crippen LogP contribution in [0, 0.1) is 5.92 Å². The van der Waals surface area contributed by atoms with Crippen molar-refractivity contribution in [2.75, 3.05) is 31.2 Å². The highest BCUT2D eigenvalue weighted by Gasteiger charge is 2.51. The second kappa shape index (κ2) is 5.39. The van der Waals surface area contributed by atoms with Crippen LogP contribution in [0.5, 0.6) is 0 Å². The van der Waals surface area contributed by atoms with Crippen molar-refractivity contribution >= 4 is 23.4 Å². The van der Waals surface area contributed by atoms with Crippen molar-refractivity contribution in [1.29, 1.82) is 0 Å². The largest absolute Gasteiger partial charge is 0.387 e. The molecule has 0 bridgehead atoms. The van der Waals surface area contributed by atoms with Crippen LogP contribution in [0.1, 0.15) is 12.8 Å². The molecule has 1 aromatic carbocycles. The molecule has 0 radical (unpaired) electrons. The summed E-state index contributed by atoms with van der Waals surface area (Å²) in [5.74, 6) is 0.461. The molecule has 0 spiro atoms. The Morgan fingerprint density at radius 2 is 2.15 bits per heavy atom. The lowest BCUT2D eigenvalue weighted by molar-refractivity contribution is -0.132. The van der Waals surface area contributed by atoms with Gasteiger partial charge in [0, 0.05) is 18.0 Å². The first-order chi connectivity index (χ1) is 9.60. The van der Waals surface area contributed by atoms with E-state index in [0.29, 0.717) is 25.6 Å². The zero-order chi connectivity index (χ0) is 14.2. The Kier molecular flexibility index (Phi) is 3.75. The molecule has 5 heteroatoms. The van der Waals surface area contributed by atoms with E-state index in [1.165, 1.54) is 0 Å². The molecule has 0 aromatic heterocycles. The summed E-state index contributed by atoms with van der Waals surface area (Å²) in [7, 11) is 0. The van der Waals surface area contributed by atoms with E-state index in [2.05, 4.69) is 5.32 Å². The van der Waals surface area contributed by atoms with Crippen molar-refractivity contribution in [3.63, 3.8) is 0 Å². The SMILES string of the molecule is CSc1ccccc1NC(=O)CN1CC(O)(C2CC2)C1. The fourth-order valence-electron chi connectivity index (χ4n) is 2.86. The third-order valence-electron chi connectivity index (χ3n) is 4.08. The molecule has 2 fully saturated rings. The number of nitrogens with one attached hydrogen (secondary N) is 1. The third kappa shape index (κ3) is 2.85. The van der Waals surface area contributed by atoms with E-state index in [-0.39, 0.29) is 5.91 Å². The van der Waals surface area contributed by atoms with Crippen molar-refractivity contribution in [2.45, 2.75) is 23.3 Å². The van der Waals surface area contributed by atoms with Crippen molar-refractivity contribution in [2.24, 2.45) is 5.92 Å². The van der Waals surface area contributed by atoms with E-state index >= 15 is 0 Å². The van der Waals surface area contributed by atoms with Crippen LogP contribution in [0.2, 0.25) is 0 Å². The van der Waals surface area contributed by atoms with Gasteiger partial charge in [-0.2, -0.15) is 0 Å². The number of aliphatic hydroxyl groups is 1. The van der Waals surface area contributed by atoms with E-state index in [1.54, 1.807) is 11.8 Å². The average Bonchev–Trinajstić information content (AvgIpc) is 3.21. The molecule has 4 nitrogen and oxygen atoms in total. The minimum absolute atomic E-state index is 0.00986. The predicted molar refractivity (Wildman–Crippen MR) is 81.0 cm³/mol. The van der Waals surface area contributed by atoms with Gasteiger partial charge >= 0.3 is 0 Å². The maximum Gasteiger partial charge on any atom is 0.238 e. The first kappa shape index (κ1) is 13.9. The number of benzene rings is 1. The van der Waals surface area contributed by atoms with Crippen LogP contribution in [0.15, 0.2) is 29.2 Å². The monoisotopic (exact) mass is 292 g/mol. The summed E-state index contributed by atoms with van der Waals surface area (Å²) in [6, 6.07) is 7.80. The number of likely N-dealkylation sites (tertiary alicyclic amines) is 1. The number of hydrogen-bond acceptors (Lipinski definition) is 4. The van der Waals surface area contributed by atoms with Gasteiger partial charge in [0.15, 0.2) is 0 Å². The van der Waals surface area contributed by atoms with Crippen LogP contribution >= 0.6 is 11.8 Å². The summed E-state index contributed by atoms with van der Waals surface area (Å²) in [6.45, 7) is 1.63. The Morgan fingerprint density at radius 3 is 2.80 bits per heavy atom. The highest BCUT2D eigenvalue weighted by atomic mass is 32.2. The van der Waals surface area contributed by atoms with Crippen molar-refractivity contribution in [1.82, 2.24) is 4.90 Å². The molecular formula is C15H20N2O2S. The minimum Gasteiger partial charge on any atom is -0.387 e. The normalized spacial score (nSPS) is 21.3. The van der Waals surface area contributed by atoms with Gasteiger partial charge in [-0.05, 0) is 37.1 Å². The summed E-state index contributed by atoms with van der Waals surface area (Å²) < 4.78 is 0. The lowest BCUT2D eigenvalue weighted by Gasteiger charge is -2.46. The first-order valence-corrected chi connectivity index (χ1v) is 8.21. The Labute approximate surface area is 123 Å². The molecular weight excluding hydrogens is 272 g/mol. The van der Waals surface area contributed by atoms with Gasteiger partial charge in [0.25, 0.3) is 0 Å². The smallest absolute Gasteiger partial charge is 0.238 e. The number of hydrogen-bond donors (Lipinski definition) is 2. The van der Waals surface area contributed by atoms with Gasteiger partial charge in [0.1, 0.15) is 0 Å². The number of amides is 1. The minimum atomic E-state index is -0.516. The standard InChI is InChI=1S/C15H20N2O2S/c1-20-13-5-3-2-4-12(13)16-14(18)8-17-9-15(19,10-17)11-6-7-11/h2-5,11,19H,6-10H2,1H3,(H,16,18). The van der Waals surface area contributed by atoms with Gasteiger partial charge < -0.3 is 10.4 Å². The van der Waals surface area contributed by atoms with Crippen LogP contribution in [0.4, 0.5) is 5.69 Å². The van der Waals surface area contributed by atoms with Gasteiger partial charge in [-0.15, -0.1) is 11.8 Å². The lowest BCUT2D eigenvalue weighted by atomic mass is 9.89. The lowest BCUT2D eigenvalue weighted by Crippen LogP contribution is -2.64. The number of β-amino-alcohol motifs (C(OH)–C–C–N with tert-alkyl or cyclic N) is 1. The molecule has 0 unspecified atom stereocenters. The molecule has 1 aliphatic heterocycles. The molecule has 3 rings (SSSR count). The number of anilines is 1. The summed E-state index contributed by atoms with van der Waals surface area (Å²) in [4.78, 5) is 15.1. The fraction of sp³-hybridized carbons (Fsp3) is 0.533. The predicted octanol–water partition coefficient (Wildman–Crippen LogP) is 1.80. The highest BCUT2D eigenvalue weighted by molar-refractivity contribution is 7.98. The topological polar surface area (TPSA) is 52.6 Å². The second-order valence-corrected chi connectivity index (χ2v) is 6.62. The Balaban J connectivity index is 1.51. The Hall–Kier alpha value is -1.04. The van der Waals surface area contributed by atoms with E-state index in [0.717, 1.165) is 23.4 Å². The third-order valence-corrected chi connectivity index (χ3v) is 4.88. The molecule has 20 heavy (non-hydrogen) atoms. The van der Waals surface area contributed by atoms with E-state index in [1.807, 2.05) is 35.4 Å². The van der Waals surface area contributed by atoms with Crippen LogP contribution in [0.25, 0.3) is 0 Å². The summed E-state index contributed by atoms with van der Waals surface area (Å²) >= 11 is 1.62. The summed E-state index contributed by atoms with van der Waals surface area (Å²) in [6.07, 6.45) is 4.27. The van der Waals surface area contributed by atoms with Crippen molar-refractivity contribution < 1.29 is 9.90 Å². The molecule has 1 aliphatic carbocycles. The highest BCUT2D eigenvalue weighted by Crippen LogP contribution is 2.44. The molecule has 1 saturated heterocycles. The number of rotatable bonds is 5. The van der Waals surface area contributed by atoms with E-state index in [4.69, 9.17) is 0 Å². The Morgan fingerprint density at radius 1 is 1.45 bits per heavy atom. The van der Waals surface area contributed by atoms with Gasteiger partial charge in [-0.3, -0.25) is 9.69 Å². The molecule has 108 valence electrons. The van der Waals surface area contributed by atoms with Gasteiger partial charge in [0.2, 0.25) is 5.91 Å². The zero-order valence-corrected chi connectivity index (χ0v) is 12.4.